The van der Waals surface area contributed by atoms with Gasteiger partial charge in [-0.2, -0.15) is 0 Å². The van der Waals surface area contributed by atoms with Crippen molar-refractivity contribution in [2.24, 2.45) is 5.92 Å². The summed E-state index contributed by atoms with van der Waals surface area (Å²) >= 11 is 0. The summed E-state index contributed by atoms with van der Waals surface area (Å²) in [4.78, 5) is 2.48. The van der Waals surface area contributed by atoms with Gasteiger partial charge in [0, 0.05) is 38.3 Å². The molecule has 7 nitrogen and oxygen atoms in total. The number of hydrogen-bond acceptors (Lipinski definition) is 7. The van der Waals surface area contributed by atoms with Gasteiger partial charge in [0.15, 0.2) is 0 Å². The molecule has 154 valence electrons. The molecule has 0 amide bonds. The van der Waals surface area contributed by atoms with Crippen molar-refractivity contribution in [3.8, 4) is 0 Å². The quantitative estimate of drug-likeness (QED) is 0.381. The maximum absolute atomic E-state index is 14.3. The number of nitrogens with one attached hydrogen (secondary N) is 4. The van der Waals surface area contributed by atoms with Crippen molar-refractivity contribution >= 4 is 0 Å². The van der Waals surface area contributed by atoms with Crippen LogP contribution in [0.5, 0.6) is 0 Å². The summed E-state index contributed by atoms with van der Waals surface area (Å²) in [5.41, 5.74) is 3.53. The third-order valence-electron chi connectivity index (χ3n) is 7.49. The topological polar surface area (TPSA) is 74.8 Å². The molecule has 5 fully saturated rings. The maximum Gasteiger partial charge on any atom is 0.113 e. The second-order valence-corrected chi connectivity index (χ2v) is 9.19. The third kappa shape index (κ3) is 3.66. The highest BCUT2D eigenvalue weighted by molar-refractivity contribution is 5.02. The Morgan fingerprint density at radius 3 is 2.85 bits per heavy atom. The van der Waals surface area contributed by atoms with Crippen LogP contribution in [0.25, 0.3) is 0 Å². The zero-order valence-corrected chi connectivity index (χ0v) is 16.1. The number of rotatable bonds is 0. The molecule has 5 N–H and O–H groups in total. The van der Waals surface area contributed by atoms with Crippen LogP contribution in [-0.4, -0.2) is 90.5 Å². The monoisotopic (exact) mass is 382 g/mol. The van der Waals surface area contributed by atoms with Crippen LogP contribution >= 0.6 is 0 Å². The molecule has 0 spiro atoms. The Bertz CT molecular complexity index is 526. The normalized spacial score (nSPS) is 49.6. The standard InChI is InChI=1S/C19H35FN6O/c20-12-7-14-15(22-9-12)3-1-2-5-21-16-10-23-26-6-4-18(24-19(16)26)25-11-13(27)8-17(14)25/h12-19,21-24,27H,1-11H2/t12?,13-,14?,15?,16?,17+,18?,19?/m1/s1. The van der Waals surface area contributed by atoms with E-state index < -0.39 is 6.17 Å². The van der Waals surface area contributed by atoms with Crippen molar-refractivity contribution in [2.45, 2.75) is 81.3 Å². The number of aliphatic hydroxyl groups is 1. The molecule has 27 heavy (non-hydrogen) atoms. The van der Waals surface area contributed by atoms with Gasteiger partial charge in [-0.1, -0.05) is 6.42 Å². The molecule has 5 rings (SSSR count). The fraction of sp³-hybridized carbons (Fsp3) is 1.00. The average Bonchev–Trinajstić information content (AvgIpc) is 3.25. The molecule has 8 heteroatoms. The molecule has 5 aliphatic rings. The smallest absolute Gasteiger partial charge is 0.113 e. The van der Waals surface area contributed by atoms with E-state index in [9.17, 15) is 9.50 Å². The van der Waals surface area contributed by atoms with Crippen molar-refractivity contribution < 1.29 is 9.50 Å². The van der Waals surface area contributed by atoms with Gasteiger partial charge < -0.3 is 15.7 Å². The van der Waals surface area contributed by atoms with Gasteiger partial charge in [0.1, 0.15) is 6.17 Å². The van der Waals surface area contributed by atoms with E-state index in [2.05, 4.69) is 31.3 Å². The zero-order valence-electron chi connectivity index (χ0n) is 16.1. The zero-order chi connectivity index (χ0) is 18.4. The van der Waals surface area contributed by atoms with E-state index in [4.69, 9.17) is 0 Å². The van der Waals surface area contributed by atoms with E-state index in [0.29, 0.717) is 31.6 Å². The number of fused-ring (bicyclic) bond motifs is 5. The van der Waals surface area contributed by atoms with Gasteiger partial charge in [-0.3, -0.25) is 15.6 Å². The van der Waals surface area contributed by atoms with Crippen LogP contribution in [0.1, 0.15) is 38.5 Å². The summed E-state index contributed by atoms with van der Waals surface area (Å²) < 4.78 is 14.3. The molecule has 0 aliphatic carbocycles. The van der Waals surface area contributed by atoms with Crippen molar-refractivity contribution in [1.29, 1.82) is 0 Å². The summed E-state index contributed by atoms with van der Waals surface area (Å²) in [6.07, 6.45) is 5.38. The molecule has 0 aromatic rings. The minimum atomic E-state index is -0.763. The summed E-state index contributed by atoms with van der Waals surface area (Å²) in [5, 5.41) is 23.9. The van der Waals surface area contributed by atoms with Crippen molar-refractivity contribution in [2.75, 3.05) is 32.7 Å². The number of piperidine rings is 1. The highest BCUT2D eigenvalue weighted by atomic mass is 19.1. The molecule has 5 aliphatic heterocycles. The molecule has 0 saturated carbocycles. The van der Waals surface area contributed by atoms with Gasteiger partial charge in [0.2, 0.25) is 0 Å². The molecule has 0 aromatic heterocycles. The highest BCUT2D eigenvalue weighted by Crippen LogP contribution is 2.36. The van der Waals surface area contributed by atoms with Gasteiger partial charge in [-0.05, 0) is 44.6 Å². The van der Waals surface area contributed by atoms with Crippen LogP contribution < -0.4 is 21.4 Å². The Kier molecular flexibility index (Phi) is 5.40. The van der Waals surface area contributed by atoms with E-state index in [-0.39, 0.29) is 30.4 Å². The molecule has 5 saturated heterocycles. The van der Waals surface area contributed by atoms with E-state index in [0.717, 1.165) is 45.3 Å². The van der Waals surface area contributed by atoms with Crippen LogP contribution in [0, 0.1) is 5.92 Å². The third-order valence-corrected chi connectivity index (χ3v) is 7.49. The SMILES string of the molecule is O[C@@H]1C[C@H]2C3CC(F)CNC3CCCCNC3CNN4CCC(NC34)N2C1. The van der Waals surface area contributed by atoms with Gasteiger partial charge in [0.05, 0.1) is 24.5 Å². The Balaban J connectivity index is 1.41. The number of hydrazine groups is 1. The Hall–Kier alpha value is -0.350. The fourth-order valence-corrected chi connectivity index (χ4v) is 6.19. The lowest BCUT2D eigenvalue weighted by Crippen LogP contribution is -2.66. The van der Waals surface area contributed by atoms with E-state index in [1.807, 2.05) is 0 Å². The molecule has 0 aromatic carbocycles. The average molecular weight is 383 g/mol. The summed E-state index contributed by atoms with van der Waals surface area (Å²) in [5.74, 6) is 0.289. The molecule has 8 atom stereocenters. The van der Waals surface area contributed by atoms with E-state index in [1.54, 1.807) is 0 Å². The molecular formula is C19H35FN6O. The lowest BCUT2D eigenvalue weighted by Gasteiger charge is -2.47. The lowest BCUT2D eigenvalue weighted by molar-refractivity contribution is -0.00325. The number of nitrogens with zero attached hydrogens (tertiary/aromatic N) is 2. The molecule has 0 radical (unpaired) electrons. The minimum absolute atomic E-state index is 0.263. The maximum atomic E-state index is 14.3. The Labute approximate surface area is 161 Å². The Morgan fingerprint density at radius 1 is 1.00 bits per heavy atom. The number of halogens is 1. The first kappa shape index (κ1) is 18.7. The predicted molar refractivity (Wildman–Crippen MR) is 102 cm³/mol. The fourth-order valence-electron chi connectivity index (χ4n) is 6.19. The minimum Gasteiger partial charge on any atom is -0.392 e. The summed E-state index contributed by atoms with van der Waals surface area (Å²) in [7, 11) is 0. The van der Waals surface area contributed by atoms with Crippen LogP contribution in [0.2, 0.25) is 0 Å². The summed E-state index contributed by atoms with van der Waals surface area (Å²) in [6, 6.07) is 1.05. The van der Waals surface area contributed by atoms with Crippen LogP contribution in [0.4, 0.5) is 4.39 Å². The molecule has 2 bridgehead atoms. The molecule has 5 heterocycles. The first-order valence-electron chi connectivity index (χ1n) is 11.0. The van der Waals surface area contributed by atoms with Gasteiger partial charge in [-0.15, -0.1) is 0 Å². The second-order valence-electron chi connectivity index (χ2n) is 9.19. The predicted octanol–water partition coefficient (Wildman–Crippen LogP) is -0.654. The van der Waals surface area contributed by atoms with Crippen molar-refractivity contribution in [3.05, 3.63) is 0 Å². The van der Waals surface area contributed by atoms with E-state index in [1.165, 1.54) is 6.42 Å². The highest BCUT2D eigenvalue weighted by Gasteiger charge is 2.47. The van der Waals surface area contributed by atoms with Crippen LogP contribution in [-0.2, 0) is 0 Å². The van der Waals surface area contributed by atoms with Gasteiger partial charge in [-0.25, -0.2) is 9.40 Å². The van der Waals surface area contributed by atoms with Gasteiger partial charge in [0.25, 0.3) is 0 Å². The van der Waals surface area contributed by atoms with Crippen LogP contribution in [0.15, 0.2) is 0 Å². The first-order valence-corrected chi connectivity index (χ1v) is 11.0. The van der Waals surface area contributed by atoms with Gasteiger partial charge >= 0.3 is 0 Å². The summed E-state index contributed by atoms with van der Waals surface area (Å²) in [6.45, 7) is 4.21. The molecule has 6 unspecified atom stereocenters. The molecular weight excluding hydrogens is 347 g/mol. The first-order chi connectivity index (χ1) is 13.2. The number of hydrogen-bond donors (Lipinski definition) is 5. The number of aliphatic hydroxyl groups excluding tert-OH is 1. The Morgan fingerprint density at radius 2 is 1.93 bits per heavy atom. The van der Waals surface area contributed by atoms with E-state index >= 15 is 0 Å². The van der Waals surface area contributed by atoms with Crippen molar-refractivity contribution in [3.63, 3.8) is 0 Å². The van der Waals surface area contributed by atoms with Crippen molar-refractivity contribution in [1.82, 2.24) is 31.3 Å². The number of alkyl halides is 1. The van der Waals surface area contributed by atoms with Crippen LogP contribution in [0.3, 0.4) is 0 Å². The largest absolute Gasteiger partial charge is 0.392 e. The second kappa shape index (κ2) is 7.82. The lowest BCUT2D eigenvalue weighted by atomic mass is 9.80.